The van der Waals surface area contributed by atoms with Crippen molar-refractivity contribution >= 4 is 0 Å². The molecule has 3 saturated carbocycles. The lowest BCUT2D eigenvalue weighted by atomic mass is 9.46. The Morgan fingerprint density at radius 2 is 1.82 bits per heavy atom. The Kier molecular flexibility index (Phi) is 5.80. The van der Waals surface area contributed by atoms with Crippen LogP contribution in [-0.4, -0.2) is 11.2 Å². The number of aliphatic hydroxyl groups excluding tert-OH is 1. The summed E-state index contributed by atoms with van der Waals surface area (Å²) in [5.41, 5.74) is 2.49. The first-order chi connectivity index (χ1) is 13.3. The average Bonchev–Trinajstić information content (AvgIpc) is 2.99. The van der Waals surface area contributed by atoms with Crippen molar-refractivity contribution in [1.82, 2.24) is 0 Å². The topological polar surface area (TPSA) is 20.2 Å². The predicted molar refractivity (Wildman–Crippen MR) is 119 cm³/mol. The maximum atomic E-state index is 11.3. The second kappa shape index (κ2) is 7.75. The van der Waals surface area contributed by atoms with Gasteiger partial charge in [-0.15, -0.1) is 0 Å². The molecule has 0 aliphatic heterocycles. The van der Waals surface area contributed by atoms with Crippen molar-refractivity contribution in [2.24, 2.45) is 46.3 Å². The Labute approximate surface area is 174 Å². The molecule has 0 bridgehead atoms. The van der Waals surface area contributed by atoms with Crippen molar-refractivity contribution in [3.05, 3.63) is 11.6 Å². The minimum Gasteiger partial charge on any atom is -0.392 e. The monoisotopic (exact) mass is 386 g/mol. The van der Waals surface area contributed by atoms with Crippen LogP contribution in [0.15, 0.2) is 11.6 Å². The summed E-state index contributed by atoms with van der Waals surface area (Å²) in [6.45, 7) is 12.5. The first kappa shape index (κ1) is 21.0. The molecule has 8 atom stereocenters. The predicted octanol–water partition coefficient (Wildman–Crippen LogP) is 7.39. The highest BCUT2D eigenvalue weighted by molar-refractivity contribution is 5.25. The summed E-state index contributed by atoms with van der Waals surface area (Å²) in [6, 6.07) is 0. The molecule has 0 unspecified atom stereocenters. The highest BCUT2D eigenvalue weighted by Crippen LogP contribution is 2.67. The summed E-state index contributed by atoms with van der Waals surface area (Å²) in [4.78, 5) is 0. The molecule has 0 spiro atoms. The van der Waals surface area contributed by atoms with E-state index in [2.05, 4.69) is 40.7 Å². The second-order valence-corrected chi connectivity index (χ2v) is 12.1. The van der Waals surface area contributed by atoms with E-state index in [1.165, 1.54) is 64.2 Å². The molecule has 4 aliphatic rings. The number of hydrogen-bond donors (Lipinski definition) is 1. The van der Waals surface area contributed by atoms with E-state index in [1.54, 1.807) is 5.57 Å². The smallest absolute Gasteiger partial charge is 0.0611 e. The Morgan fingerprint density at radius 3 is 2.57 bits per heavy atom. The van der Waals surface area contributed by atoms with Crippen LogP contribution in [-0.2, 0) is 0 Å². The van der Waals surface area contributed by atoms with Crippen LogP contribution >= 0.6 is 0 Å². The molecule has 1 nitrogen and oxygen atoms in total. The number of rotatable bonds is 5. The molecular weight excluding hydrogens is 340 g/mol. The maximum absolute atomic E-state index is 11.3. The third-order valence-corrected chi connectivity index (χ3v) is 10.3. The normalized spacial score (nSPS) is 46.5. The van der Waals surface area contributed by atoms with E-state index >= 15 is 0 Å². The van der Waals surface area contributed by atoms with Gasteiger partial charge >= 0.3 is 0 Å². The van der Waals surface area contributed by atoms with Crippen LogP contribution in [0.25, 0.3) is 0 Å². The van der Waals surface area contributed by atoms with Crippen LogP contribution in [0.5, 0.6) is 0 Å². The molecule has 0 amide bonds. The van der Waals surface area contributed by atoms with Crippen molar-refractivity contribution < 1.29 is 5.11 Å². The average molecular weight is 387 g/mol. The van der Waals surface area contributed by atoms with Crippen LogP contribution in [0.4, 0.5) is 0 Å². The fraction of sp³-hybridized carbons (Fsp3) is 0.926. The van der Waals surface area contributed by atoms with E-state index in [9.17, 15) is 5.11 Å². The largest absolute Gasteiger partial charge is 0.392 e. The molecule has 0 aromatic heterocycles. The van der Waals surface area contributed by atoms with Crippen molar-refractivity contribution in [2.75, 3.05) is 0 Å². The van der Waals surface area contributed by atoms with Gasteiger partial charge in [-0.25, -0.2) is 0 Å². The molecule has 1 heteroatoms. The summed E-state index contributed by atoms with van der Waals surface area (Å²) < 4.78 is 0. The van der Waals surface area contributed by atoms with Gasteiger partial charge in [0.2, 0.25) is 0 Å². The van der Waals surface area contributed by atoms with Crippen LogP contribution in [0, 0.1) is 46.3 Å². The second-order valence-electron chi connectivity index (χ2n) is 12.1. The highest BCUT2D eigenvalue weighted by Gasteiger charge is 2.61. The summed E-state index contributed by atoms with van der Waals surface area (Å²) in [5.74, 6) is 4.63. The fourth-order valence-electron chi connectivity index (χ4n) is 8.74. The summed E-state index contributed by atoms with van der Waals surface area (Å²) in [6.07, 6.45) is 17.1. The molecule has 0 heterocycles. The zero-order valence-electron chi connectivity index (χ0n) is 19.3. The van der Waals surface area contributed by atoms with Crippen molar-refractivity contribution in [3.8, 4) is 0 Å². The molecule has 4 aliphatic carbocycles. The lowest BCUT2D eigenvalue weighted by Gasteiger charge is -2.60. The molecule has 4 rings (SSSR count). The zero-order valence-corrected chi connectivity index (χ0v) is 19.3. The van der Waals surface area contributed by atoms with Crippen LogP contribution < -0.4 is 0 Å². The molecule has 160 valence electrons. The summed E-state index contributed by atoms with van der Waals surface area (Å²) >= 11 is 0. The van der Waals surface area contributed by atoms with E-state index < -0.39 is 0 Å². The van der Waals surface area contributed by atoms with Crippen LogP contribution in [0.2, 0.25) is 0 Å². The standard InChI is InChI=1S/C27H46O/c1-18(2)9-8-10-19(3)21-12-13-22-25-23(14-16-27(21,22)5)26(4)15-7-6-11-20(26)17-24(25)28/h11,18-19,21-25,28H,6-10,12-17H2,1-5H3/t19-,21-,22+,23+,24+,25+,26+,27-/m1/s1. The lowest BCUT2D eigenvalue weighted by molar-refractivity contribution is -0.112. The number of aliphatic hydroxyl groups is 1. The summed E-state index contributed by atoms with van der Waals surface area (Å²) in [5, 5.41) is 11.3. The van der Waals surface area contributed by atoms with Crippen molar-refractivity contribution in [2.45, 2.75) is 111 Å². The summed E-state index contributed by atoms with van der Waals surface area (Å²) in [7, 11) is 0. The van der Waals surface area contributed by atoms with Gasteiger partial charge in [0.25, 0.3) is 0 Å². The van der Waals surface area contributed by atoms with Gasteiger partial charge in [0.1, 0.15) is 0 Å². The molecule has 3 fully saturated rings. The molecule has 0 saturated heterocycles. The van der Waals surface area contributed by atoms with E-state index in [1.807, 2.05) is 0 Å². The molecule has 1 N–H and O–H groups in total. The van der Waals surface area contributed by atoms with Crippen LogP contribution in [0.3, 0.4) is 0 Å². The van der Waals surface area contributed by atoms with E-state index in [4.69, 9.17) is 0 Å². The van der Waals surface area contributed by atoms with Gasteiger partial charge in [0.15, 0.2) is 0 Å². The van der Waals surface area contributed by atoms with Gasteiger partial charge in [0.05, 0.1) is 6.10 Å². The van der Waals surface area contributed by atoms with Gasteiger partial charge < -0.3 is 5.11 Å². The van der Waals surface area contributed by atoms with Gasteiger partial charge in [-0.05, 0) is 97.7 Å². The number of hydrogen-bond acceptors (Lipinski definition) is 1. The van der Waals surface area contributed by atoms with Gasteiger partial charge in [-0.2, -0.15) is 0 Å². The Bertz CT molecular complexity index is 591. The van der Waals surface area contributed by atoms with Crippen molar-refractivity contribution in [1.29, 1.82) is 0 Å². The van der Waals surface area contributed by atoms with Gasteiger partial charge in [0, 0.05) is 0 Å². The Balaban J connectivity index is 1.52. The zero-order chi connectivity index (χ0) is 20.1. The highest BCUT2D eigenvalue weighted by atomic mass is 16.3. The first-order valence-corrected chi connectivity index (χ1v) is 12.6. The Hall–Kier alpha value is -0.300. The minimum absolute atomic E-state index is 0.0814. The van der Waals surface area contributed by atoms with Crippen LogP contribution in [0.1, 0.15) is 105 Å². The Morgan fingerprint density at radius 1 is 1.04 bits per heavy atom. The molecule has 0 radical (unpaired) electrons. The SMILES string of the molecule is CC(C)CCC[C@@H](C)[C@H]1CC[C@H]2[C@@H]3[C@@H](O)CC4=CCCC[C@]4(C)[C@H]3CC[C@]12C. The number of allylic oxidation sites excluding steroid dienone is 1. The quantitative estimate of drug-likeness (QED) is 0.488. The van der Waals surface area contributed by atoms with Crippen molar-refractivity contribution in [3.63, 3.8) is 0 Å². The van der Waals surface area contributed by atoms with E-state index in [0.717, 1.165) is 36.0 Å². The van der Waals surface area contributed by atoms with Gasteiger partial charge in [-0.1, -0.05) is 65.5 Å². The molecule has 0 aromatic rings. The van der Waals surface area contributed by atoms with E-state index in [0.29, 0.717) is 16.7 Å². The number of fused-ring (bicyclic) bond motifs is 5. The minimum atomic E-state index is -0.0814. The molecule has 28 heavy (non-hydrogen) atoms. The first-order valence-electron chi connectivity index (χ1n) is 12.6. The molecule has 0 aromatic carbocycles. The fourth-order valence-corrected chi connectivity index (χ4v) is 8.74. The van der Waals surface area contributed by atoms with E-state index in [-0.39, 0.29) is 6.10 Å². The third-order valence-electron chi connectivity index (χ3n) is 10.3. The lowest BCUT2D eigenvalue weighted by Crippen LogP contribution is -2.55. The third kappa shape index (κ3) is 3.32. The van der Waals surface area contributed by atoms with Gasteiger partial charge in [-0.3, -0.25) is 0 Å². The molecular formula is C27H46O. The maximum Gasteiger partial charge on any atom is 0.0611 e.